The van der Waals surface area contributed by atoms with Crippen LogP contribution in [0.3, 0.4) is 0 Å². The van der Waals surface area contributed by atoms with Crippen molar-refractivity contribution in [2.75, 3.05) is 23.7 Å². The van der Waals surface area contributed by atoms with E-state index in [-0.39, 0.29) is 0 Å². The normalized spacial score (nSPS) is 14.2. The molecule has 3 heteroatoms. The summed E-state index contributed by atoms with van der Waals surface area (Å²) in [5, 5.41) is 9.04. The van der Waals surface area contributed by atoms with Crippen molar-refractivity contribution in [1.29, 1.82) is 5.26 Å². The lowest BCUT2D eigenvalue weighted by Gasteiger charge is -2.24. The van der Waals surface area contributed by atoms with E-state index in [0.29, 0.717) is 5.56 Å². The lowest BCUT2D eigenvalue weighted by Crippen LogP contribution is -2.26. The molecule has 1 heterocycles. The average molecular weight is 263 g/mol. The van der Waals surface area contributed by atoms with E-state index in [2.05, 4.69) is 35.2 Å². The maximum absolute atomic E-state index is 9.04. The molecule has 0 saturated heterocycles. The zero-order valence-corrected chi connectivity index (χ0v) is 11.3. The predicted molar refractivity (Wildman–Crippen MR) is 81.6 cm³/mol. The molecule has 2 aromatic rings. The minimum Gasteiger partial charge on any atom is -0.397 e. The monoisotopic (exact) mass is 263 g/mol. The van der Waals surface area contributed by atoms with E-state index in [1.807, 2.05) is 12.1 Å². The summed E-state index contributed by atoms with van der Waals surface area (Å²) in [5.74, 6) is 0. The van der Waals surface area contributed by atoms with E-state index in [1.54, 1.807) is 6.07 Å². The molecule has 2 N–H and O–H groups in total. The zero-order valence-electron chi connectivity index (χ0n) is 11.3. The number of anilines is 2. The third-order valence-electron chi connectivity index (χ3n) is 3.92. The molecular formula is C17H17N3. The SMILES string of the molecule is N#Cc1ccc(N)c(N2CCc3ccccc3CC2)c1. The highest BCUT2D eigenvalue weighted by Gasteiger charge is 2.16. The topological polar surface area (TPSA) is 53.1 Å². The van der Waals surface area contributed by atoms with Gasteiger partial charge in [-0.15, -0.1) is 0 Å². The van der Waals surface area contributed by atoms with Crippen LogP contribution in [0.1, 0.15) is 16.7 Å². The molecule has 2 aromatic carbocycles. The van der Waals surface area contributed by atoms with Crippen molar-refractivity contribution in [2.45, 2.75) is 12.8 Å². The molecule has 0 unspecified atom stereocenters. The molecule has 0 aromatic heterocycles. The van der Waals surface area contributed by atoms with Gasteiger partial charge in [0.05, 0.1) is 23.0 Å². The second kappa shape index (κ2) is 5.26. The summed E-state index contributed by atoms with van der Waals surface area (Å²) in [6.45, 7) is 1.88. The number of nitriles is 1. The first-order chi connectivity index (χ1) is 9.78. The van der Waals surface area contributed by atoms with Crippen LogP contribution in [-0.2, 0) is 12.8 Å². The molecule has 0 atom stereocenters. The molecule has 3 nitrogen and oxygen atoms in total. The molecule has 0 bridgehead atoms. The van der Waals surface area contributed by atoms with Crippen molar-refractivity contribution in [3.63, 3.8) is 0 Å². The fourth-order valence-electron chi connectivity index (χ4n) is 2.80. The number of benzene rings is 2. The van der Waals surface area contributed by atoms with Gasteiger partial charge in [0.2, 0.25) is 0 Å². The van der Waals surface area contributed by atoms with Gasteiger partial charge in [0.25, 0.3) is 0 Å². The second-order valence-corrected chi connectivity index (χ2v) is 5.14. The van der Waals surface area contributed by atoms with Gasteiger partial charge >= 0.3 is 0 Å². The van der Waals surface area contributed by atoms with E-state index in [9.17, 15) is 0 Å². The van der Waals surface area contributed by atoms with Crippen molar-refractivity contribution in [3.05, 3.63) is 59.2 Å². The summed E-state index contributed by atoms with van der Waals surface area (Å²) in [5.41, 5.74) is 11.3. The lowest BCUT2D eigenvalue weighted by atomic mass is 10.0. The van der Waals surface area contributed by atoms with Gasteiger partial charge in [0, 0.05) is 13.1 Å². The Labute approximate surface area is 119 Å². The molecule has 0 saturated carbocycles. The Kier molecular flexibility index (Phi) is 3.30. The number of fused-ring (bicyclic) bond motifs is 1. The number of rotatable bonds is 1. The molecule has 100 valence electrons. The third-order valence-corrected chi connectivity index (χ3v) is 3.92. The summed E-state index contributed by atoms with van der Waals surface area (Å²) >= 11 is 0. The largest absolute Gasteiger partial charge is 0.397 e. The first-order valence-corrected chi connectivity index (χ1v) is 6.89. The minimum absolute atomic E-state index is 0.663. The Bertz CT molecular complexity index is 643. The quantitative estimate of drug-likeness (QED) is 0.805. The van der Waals surface area contributed by atoms with E-state index in [0.717, 1.165) is 37.3 Å². The predicted octanol–water partition coefficient (Wildman–Crippen LogP) is 2.75. The first kappa shape index (κ1) is 12.6. The van der Waals surface area contributed by atoms with E-state index < -0.39 is 0 Å². The summed E-state index contributed by atoms with van der Waals surface area (Å²) in [6, 6.07) is 16.3. The molecule has 1 aliphatic rings. The highest BCUT2D eigenvalue weighted by Crippen LogP contribution is 2.27. The van der Waals surface area contributed by atoms with Crippen molar-refractivity contribution >= 4 is 11.4 Å². The Morgan fingerprint density at radius 3 is 2.25 bits per heavy atom. The molecule has 0 fully saturated rings. The van der Waals surface area contributed by atoms with E-state index in [4.69, 9.17) is 11.0 Å². The second-order valence-electron chi connectivity index (χ2n) is 5.14. The van der Waals surface area contributed by atoms with Crippen molar-refractivity contribution in [3.8, 4) is 6.07 Å². The maximum Gasteiger partial charge on any atom is 0.0992 e. The Hall–Kier alpha value is -2.47. The third kappa shape index (κ3) is 2.33. The smallest absolute Gasteiger partial charge is 0.0992 e. The number of hydrogen-bond acceptors (Lipinski definition) is 3. The van der Waals surface area contributed by atoms with Crippen LogP contribution in [0.2, 0.25) is 0 Å². The zero-order chi connectivity index (χ0) is 13.9. The highest BCUT2D eigenvalue weighted by molar-refractivity contribution is 5.70. The van der Waals surface area contributed by atoms with Gasteiger partial charge in [-0.05, 0) is 42.2 Å². The average Bonchev–Trinajstić information content (AvgIpc) is 2.70. The number of nitrogens with zero attached hydrogens (tertiary/aromatic N) is 2. The molecule has 0 aliphatic carbocycles. The van der Waals surface area contributed by atoms with Crippen LogP contribution in [-0.4, -0.2) is 13.1 Å². The molecule has 0 spiro atoms. The van der Waals surface area contributed by atoms with Crippen LogP contribution in [0.4, 0.5) is 11.4 Å². The molecule has 20 heavy (non-hydrogen) atoms. The molecular weight excluding hydrogens is 246 g/mol. The fourth-order valence-corrected chi connectivity index (χ4v) is 2.80. The van der Waals surface area contributed by atoms with Gasteiger partial charge in [-0.25, -0.2) is 0 Å². The van der Waals surface area contributed by atoms with Crippen molar-refractivity contribution < 1.29 is 0 Å². The van der Waals surface area contributed by atoms with Crippen LogP contribution in [0.15, 0.2) is 42.5 Å². The van der Waals surface area contributed by atoms with Gasteiger partial charge in [-0.2, -0.15) is 5.26 Å². The van der Waals surface area contributed by atoms with Crippen LogP contribution in [0, 0.1) is 11.3 Å². The summed E-state index contributed by atoms with van der Waals surface area (Å²) in [6.07, 6.45) is 2.04. The summed E-state index contributed by atoms with van der Waals surface area (Å²) < 4.78 is 0. The minimum atomic E-state index is 0.663. The summed E-state index contributed by atoms with van der Waals surface area (Å²) in [7, 11) is 0. The first-order valence-electron chi connectivity index (χ1n) is 6.89. The van der Waals surface area contributed by atoms with Gasteiger partial charge in [-0.1, -0.05) is 24.3 Å². The van der Waals surface area contributed by atoms with Gasteiger partial charge in [-0.3, -0.25) is 0 Å². The number of nitrogens with two attached hydrogens (primary N) is 1. The maximum atomic E-state index is 9.04. The molecule has 0 radical (unpaired) electrons. The number of nitrogen functional groups attached to an aromatic ring is 1. The van der Waals surface area contributed by atoms with Crippen LogP contribution in [0.5, 0.6) is 0 Å². The number of hydrogen-bond donors (Lipinski definition) is 1. The Balaban J connectivity index is 1.89. The molecule has 1 aliphatic heterocycles. The lowest BCUT2D eigenvalue weighted by molar-refractivity contribution is 0.807. The highest BCUT2D eigenvalue weighted by atomic mass is 15.1. The molecule has 0 amide bonds. The van der Waals surface area contributed by atoms with E-state index >= 15 is 0 Å². The van der Waals surface area contributed by atoms with Crippen LogP contribution < -0.4 is 10.6 Å². The van der Waals surface area contributed by atoms with Crippen LogP contribution >= 0.6 is 0 Å². The van der Waals surface area contributed by atoms with Gasteiger partial charge in [0.1, 0.15) is 0 Å². The standard InChI is InChI=1S/C17H17N3/c18-12-13-5-6-16(19)17(11-13)20-9-7-14-3-1-2-4-15(14)8-10-20/h1-6,11H,7-10,19H2. The Morgan fingerprint density at radius 1 is 1.00 bits per heavy atom. The van der Waals surface area contributed by atoms with Crippen LogP contribution in [0.25, 0.3) is 0 Å². The van der Waals surface area contributed by atoms with Crippen molar-refractivity contribution in [1.82, 2.24) is 0 Å². The van der Waals surface area contributed by atoms with Gasteiger partial charge in [0.15, 0.2) is 0 Å². The van der Waals surface area contributed by atoms with Crippen molar-refractivity contribution in [2.24, 2.45) is 0 Å². The molecule has 3 rings (SSSR count). The Morgan fingerprint density at radius 2 is 1.65 bits per heavy atom. The fraction of sp³-hybridized carbons (Fsp3) is 0.235. The van der Waals surface area contributed by atoms with E-state index in [1.165, 1.54) is 11.1 Å². The summed E-state index contributed by atoms with van der Waals surface area (Å²) in [4.78, 5) is 2.29. The van der Waals surface area contributed by atoms with Gasteiger partial charge < -0.3 is 10.6 Å².